The minimum Gasteiger partial charge on any atom is -0.481 e. The standard InChI is InChI=1S/C16H20BrN5O/c1-21(16-18-8-7-15(20-16)23-2)13-4-3-9-22(11-13)14-6-5-12(17)10-19-14/h5-8,10,13H,3-4,9,11H2,1-2H3. The molecule has 1 aliphatic rings. The van der Waals surface area contributed by atoms with E-state index < -0.39 is 0 Å². The number of pyridine rings is 1. The van der Waals surface area contributed by atoms with Gasteiger partial charge < -0.3 is 14.5 Å². The van der Waals surface area contributed by atoms with Gasteiger partial charge in [-0.2, -0.15) is 4.98 Å². The molecule has 1 unspecified atom stereocenters. The molecule has 2 aromatic rings. The van der Waals surface area contributed by atoms with Crippen LogP contribution in [0.4, 0.5) is 11.8 Å². The molecule has 0 bridgehead atoms. The minimum absolute atomic E-state index is 0.348. The highest BCUT2D eigenvalue weighted by atomic mass is 79.9. The van der Waals surface area contributed by atoms with Gasteiger partial charge in [0.15, 0.2) is 0 Å². The molecule has 6 nitrogen and oxygen atoms in total. The third kappa shape index (κ3) is 3.72. The van der Waals surface area contributed by atoms with Crippen LogP contribution in [0.3, 0.4) is 0 Å². The summed E-state index contributed by atoms with van der Waals surface area (Å²) in [5.74, 6) is 2.29. The summed E-state index contributed by atoms with van der Waals surface area (Å²) in [5, 5.41) is 0. The van der Waals surface area contributed by atoms with Gasteiger partial charge in [-0.25, -0.2) is 9.97 Å². The topological polar surface area (TPSA) is 54.4 Å². The predicted octanol–water partition coefficient (Wildman–Crippen LogP) is 2.75. The lowest BCUT2D eigenvalue weighted by Crippen LogP contribution is -2.47. The molecule has 0 aromatic carbocycles. The summed E-state index contributed by atoms with van der Waals surface area (Å²) in [6.45, 7) is 1.93. The molecule has 0 aliphatic carbocycles. The van der Waals surface area contributed by atoms with Crippen LogP contribution >= 0.6 is 15.9 Å². The van der Waals surface area contributed by atoms with Crippen molar-refractivity contribution < 1.29 is 4.74 Å². The molecular weight excluding hydrogens is 358 g/mol. The van der Waals surface area contributed by atoms with Gasteiger partial charge in [0.05, 0.1) is 7.11 Å². The van der Waals surface area contributed by atoms with E-state index in [2.05, 4.69) is 46.7 Å². The van der Waals surface area contributed by atoms with Gasteiger partial charge in [0.2, 0.25) is 11.8 Å². The van der Waals surface area contributed by atoms with Crippen LogP contribution < -0.4 is 14.5 Å². The van der Waals surface area contributed by atoms with Gasteiger partial charge in [-0.15, -0.1) is 0 Å². The van der Waals surface area contributed by atoms with Gasteiger partial charge in [0.25, 0.3) is 0 Å². The van der Waals surface area contributed by atoms with E-state index in [0.29, 0.717) is 17.9 Å². The Hall–Kier alpha value is -1.89. The molecule has 23 heavy (non-hydrogen) atoms. The Morgan fingerprint density at radius 2 is 2.17 bits per heavy atom. The summed E-state index contributed by atoms with van der Waals surface area (Å²) in [5.41, 5.74) is 0. The van der Waals surface area contributed by atoms with Crippen molar-refractivity contribution >= 4 is 27.7 Å². The Labute approximate surface area is 144 Å². The van der Waals surface area contributed by atoms with E-state index >= 15 is 0 Å². The number of hydrogen-bond acceptors (Lipinski definition) is 6. The molecule has 1 saturated heterocycles. The lowest BCUT2D eigenvalue weighted by atomic mass is 10.0. The normalized spacial score (nSPS) is 17.9. The molecule has 0 amide bonds. The van der Waals surface area contributed by atoms with Crippen LogP contribution in [0.2, 0.25) is 0 Å². The van der Waals surface area contributed by atoms with E-state index in [4.69, 9.17) is 4.74 Å². The minimum atomic E-state index is 0.348. The first kappa shape index (κ1) is 16.0. The summed E-state index contributed by atoms with van der Waals surface area (Å²) in [4.78, 5) is 17.7. The monoisotopic (exact) mass is 377 g/mol. The van der Waals surface area contributed by atoms with Crippen molar-refractivity contribution in [3.05, 3.63) is 35.1 Å². The molecule has 0 spiro atoms. The molecule has 1 fully saturated rings. The fourth-order valence-corrected chi connectivity index (χ4v) is 3.05. The lowest BCUT2D eigenvalue weighted by molar-refractivity contribution is 0.395. The first-order valence-corrected chi connectivity index (χ1v) is 8.43. The molecule has 0 saturated carbocycles. The number of piperidine rings is 1. The second-order valence-electron chi connectivity index (χ2n) is 5.59. The Balaban J connectivity index is 1.73. The van der Waals surface area contributed by atoms with Crippen LogP contribution in [-0.4, -0.2) is 48.2 Å². The van der Waals surface area contributed by atoms with Gasteiger partial charge in [-0.1, -0.05) is 0 Å². The molecule has 3 heterocycles. The van der Waals surface area contributed by atoms with Gasteiger partial charge in [-0.3, -0.25) is 0 Å². The van der Waals surface area contributed by atoms with Crippen LogP contribution in [0.1, 0.15) is 12.8 Å². The second kappa shape index (κ2) is 7.12. The first-order valence-electron chi connectivity index (χ1n) is 7.64. The maximum atomic E-state index is 5.19. The number of methoxy groups -OCH3 is 1. The quantitative estimate of drug-likeness (QED) is 0.816. The average molecular weight is 378 g/mol. The zero-order chi connectivity index (χ0) is 16.2. The Bertz CT molecular complexity index is 651. The first-order chi connectivity index (χ1) is 11.2. The summed E-state index contributed by atoms with van der Waals surface area (Å²) >= 11 is 3.43. The highest BCUT2D eigenvalue weighted by Crippen LogP contribution is 2.23. The molecule has 2 aromatic heterocycles. The summed E-state index contributed by atoms with van der Waals surface area (Å²) in [6.07, 6.45) is 5.81. The maximum Gasteiger partial charge on any atom is 0.228 e. The number of likely N-dealkylation sites (N-methyl/N-ethyl adjacent to an activating group) is 1. The molecule has 1 atom stereocenters. The number of hydrogen-bond donors (Lipinski definition) is 0. The van der Waals surface area contributed by atoms with Crippen molar-refractivity contribution in [3.8, 4) is 5.88 Å². The van der Waals surface area contributed by atoms with Gasteiger partial charge in [0, 0.05) is 49.1 Å². The van der Waals surface area contributed by atoms with E-state index in [0.717, 1.165) is 36.2 Å². The highest BCUT2D eigenvalue weighted by Gasteiger charge is 2.25. The van der Waals surface area contributed by atoms with Gasteiger partial charge in [-0.05, 0) is 40.9 Å². The zero-order valence-electron chi connectivity index (χ0n) is 13.3. The number of halogens is 1. The van der Waals surface area contributed by atoms with Crippen molar-refractivity contribution in [1.82, 2.24) is 15.0 Å². The second-order valence-corrected chi connectivity index (χ2v) is 6.50. The third-order valence-corrected chi connectivity index (χ3v) is 4.59. The summed E-state index contributed by atoms with van der Waals surface area (Å²) in [6, 6.07) is 6.19. The maximum absolute atomic E-state index is 5.19. The van der Waals surface area contributed by atoms with E-state index in [1.807, 2.05) is 19.3 Å². The van der Waals surface area contributed by atoms with Crippen molar-refractivity contribution in [1.29, 1.82) is 0 Å². The number of ether oxygens (including phenoxy) is 1. The molecule has 7 heteroatoms. The predicted molar refractivity (Wildman–Crippen MR) is 94.2 cm³/mol. The Morgan fingerprint density at radius 3 is 2.91 bits per heavy atom. The smallest absolute Gasteiger partial charge is 0.228 e. The van der Waals surface area contributed by atoms with Crippen LogP contribution in [0.15, 0.2) is 35.1 Å². The van der Waals surface area contributed by atoms with Crippen LogP contribution in [-0.2, 0) is 0 Å². The van der Waals surface area contributed by atoms with Gasteiger partial charge >= 0.3 is 0 Å². The number of anilines is 2. The molecule has 0 N–H and O–H groups in total. The van der Waals surface area contributed by atoms with Crippen molar-refractivity contribution in [3.63, 3.8) is 0 Å². The fourth-order valence-electron chi connectivity index (χ4n) is 2.81. The van der Waals surface area contributed by atoms with Crippen molar-refractivity contribution in [2.75, 3.05) is 37.0 Å². The molecule has 0 radical (unpaired) electrons. The third-order valence-electron chi connectivity index (χ3n) is 4.12. The lowest BCUT2D eigenvalue weighted by Gasteiger charge is -2.38. The molecule has 3 rings (SSSR count). The number of rotatable bonds is 4. The number of nitrogens with zero attached hydrogens (tertiary/aromatic N) is 5. The van der Waals surface area contributed by atoms with E-state index in [1.54, 1.807) is 19.4 Å². The molecular formula is C16H20BrN5O. The number of aromatic nitrogens is 3. The van der Waals surface area contributed by atoms with E-state index in [1.165, 1.54) is 0 Å². The summed E-state index contributed by atoms with van der Waals surface area (Å²) < 4.78 is 6.19. The SMILES string of the molecule is COc1ccnc(N(C)C2CCCN(c3ccc(Br)cn3)C2)n1. The average Bonchev–Trinajstić information content (AvgIpc) is 2.62. The van der Waals surface area contributed by atoms with E-state index in [9.17, 15) is 0 Å². The van der Waals surface area contributed by atoms with Gasteiger partial charge in [0.1, 0.15) is 5.82 Å². The Morgan fingerprint density at radius 1 is 1.30 bits per heavy atom. The highest BCUT2D eigenvalue weighted by molar-refractivity contribution is 9.10. The van der Waals surface area contributed by atoms with Crippen LogP contribution in [0, 0.1) is 0 Å². The Kier molecular flexibility index (Phi) is 4.95. The summed E-state index contributed by atoms with van der Waals surface area (Å²) in [7, 11) is 3.66. The van der Waals surface area contributed by atoms with Crippen LogP contribution in [0.25, 0.3) is 0 Å². The van der Waals surface area contributed by atoms with Crippen molar-refractivity contribution in [2.24, 2.45) is 0 Å². The largest absolute Gasteiger partial charge is 0.481 e. The fraction of sp³-hybridized carbons (Fsp3) is 0.438. The van der Waals surface area contributed by atoms with Crippen molar-refractivity contribution in [2.45, 2.75) is 18.9 Å². The zero-order valence-corrected chi connectivity index (χ0v) is 14.9. The molecule has 1 aliphatic heterocycles. The van der Waals surface area contributed by atoms with Crippen LogP contribution in [0.5, 0.6) is 5.88 Å². The molecule has 122 valence electrons. The van der Waals surface area contributed by atoms with E-state index in [-0.39, 0.29) is 0 Å².